The summed E-state index contributed by atoms with van der Waals surface area (Å²) in [6.45, 7) is 0. The van der Waals surface area contributed by atoms with E-state index >= 15 is 0 Å². The predicted molar refractivity (Wildman–Crippen MR) is 80.6 cm³/mol. The average molecular weight is 264 g/mol. The summed E-state index contributed by atoms with van der Waals surface area (Å²) in [6.07, 6.45) is 1.45. The minimum absolute atomic E-state index is 0.0772. The number of fused-ring (bicyclic) bond motifs is 1. The highest BCUT2D eigenvalue weighted by Gasteiger charge is 2.09. The summed E-state index contributed by atoms with van der Waals surface area (Å²) < 4.78 is 5.45. The molecule has 2 aromatic carbocycles. The summed E-state index contributed by atoms with van der Waals surface area (Å²) in [5.74, 6) is 0.0772. The van der Waals surface area contributed by atoms with Crippen LogP contribution in [0, 0.1) is 0 Å². The van der Waals surface area contributed by atoms with Crippen LogP contribution in [0.1, 0.15) is 5.56 Å². The topological polar surface area (TPSA) is 68.6 Å². The number of aliphatic imine (C=N–C) groups is 1. The van der Waals surface area contributed by atoms with E-state index in [-0.39, 0.29) is 16.9 Å². The molecule has 2 N–H and O–H groups in total. The molecule has 98 valence electrons. The van der Waals surface area contributed by atoms with Gasteiger partial charge in [0, 0.05) is 6.21 Å². The fourth-order valence-electron chi connectivity index (χ4n) is 1.95. The Labute approximate surface area is 115 Å². The molecule has 0 amide bonds. The molecule has 0 atom stereocenters. The third-order valence-corrected chi connectivity index (χ3v) is 2.96. The van der Waals surface area contributed by atoms with Gasteiger partial charge in [0.15, 0.2) is 0 Å². The van der Waals surface area contributed by atoms with Crippen molar-refractivity contribution in [2.75, 3.05) is 5.73 Å². The molecule has 0 aliphatic rings. The van der Waals surface area contributed by atoms with Gasteiger partial charge in [-0.25, -0.2) is 0 Å². The van der Waals surface area contributed by atoms with E-state index in [1.807, 2.05) is 30.3 Å². The third kappa shape index (κ3) is 2.19. The zero-order valence-corrected chi connectivity index (χ0v) is 10.6. The summed E-state index contributed by atoms with van der Waals surface area (Å²) in [5.41, 5.74) is 7.12. The van der Waals surface area contributed by atoms with E-state index in [2.05, 4.69) is 4.99 Å². The highest BCUT2D eigenvalue weighted by molar-refractivity contribution is 5.92. The Morgan fingerprint density at radius 2 is 1.70 bits per heavy atom. The van der Waals surface area contributed by atoms with Crippen LogP contribution in [0.2, 0.25) is 0 Å². The molecule has 4 nitrogen and oxygen atoms in total. The second-order valence-electron chi connectivity index (χ2n) is 4.30. The van der Waals surface area contributed by atoms with Crippen LogP contribution in [-0.2, 0) is 0 Å². The first-order valence-corrected chi connectivity index (χ1v) is 6.16. The first-order valence-electron chi connectivity index (χ1n) is 6.16. The van der Waals surface area contributed by atoms with Crippen molar-refractivity contribution in [3.63, 3.8) is 0 Å². The number of para-hydroxylation sites is 2. The first-order chi connectivity index (χ1) is 9.75. The molecule has 0 saturated heterocycles. The molecule has 0 saturated carbocycles. The Hall–Kier alpha value is -2.88. The van der Waals surface area contributed by atoms with Crippen molar-refractivity contribution in [1.82, 2.24) is 0 Å². The van der Waals surface area contributed by atoms with Crippen LogP contribution >= 0.6 is 0 Å². The minimum atomic E-state index is -0.177. The average Bonchev–Trinajstić information content (AvgIpc) is 2.48. The van der Waals surface area contributed by atoms with E-state index in [4.69, 9.17) is 10.2 Å². The SMILES string of the molecule is Nc1oc2ccccc2c(=O)c1C=Nc1ccccc1. The minimum Gasteiger partial charge on any atom is -0.440 e. The van der Waals surface area contributed by atoms with E-state index in [1.165, 1.54) is 6.21 Å². The maximum absolute atomic E-state index is 12.3. The largest absolute Gasteiger partial charge is 0.440 e. The number of nitrogens with two attached hydrogens (primary N) is 1. The molecule has 0 fully saturated rings. The van der Waals surface area contributed by atoms with Crippen LogP contribution in [-0.4, -0.2) is 6.21 Å². The Kier molecular flexibility index (Phi) is 3.05. The van der Waals surface area contributed by atoms with Crippen LogP contribution in [0.4, 0.5) is 11.6 Å². The summed E-state index contributed by atoms with van der Waals surface area (Å²) in [7, 11) is 0. The molecule has 0 aliphatic heterocycles. The third-order valence-electron chi connectivity index (χ3n) is 2.96. The molecule has 0 aliphatic carbocycles. The summed E-state index contributed by atoms with van der Waals surface area (Å²) >= 11 is 0. The van der Waals surface area contributed by atoms with Gasteiger partial charge in [-0.1, -0.05) is 30.3 Å². The van der Waals surface area contributed by atoms with Gasteiger partial charge in [0.05, 0.1) is 11.1 Å². The number of hydrogen-bond acceptors (Lipinski definition) is 4. The zero-order chi connectivity index (χ0) is 13.9. The number of nitrogens with zero attached hydrogens (tertiary/aromatic N) is 1. The molecule has 4 heteroatoms. The van der Waals surface area contributed by atoms with Crippen molar-refractivity contribution >= 4 is 28.8 Å². The molecule has 3 aromatic rings. The molecule has 1 heterocycles. The van der Waals surface area contributed by atoms with Crippen molar-refractivity contribution in [3.05, 3.63) is 70.4 Å². The van der Waals surface area contributed by atoms with E-state index in [0.29, 0.717) is 11.0 Å². The second kappa shape index (κ2) is 5.01. The van der Waals surface area contributed by atoms with Crippen LogP contribution in [0.15, 0.2) is 68.8 Å². The van der Waals surface area contributed by atoms with Gasteiger partial charge >= 0.3 is 0 Å². The van der Waals surface area contributed by atoms with Crippen molar-refractivity contribution < 1.29 is 4.42 Å². The van der Waals surface area contributed by atoms with Crippen LogP contribution < -0.4 is 11.2 Å². The standard InChI is InChI=1S/C16H12N2O2/c17-16-13(10-18-11-6-2-1-3-7-11)15(19)12-8-4-5-9-14(12)20-16/h1-10H,17H2. The second-order valence-corrected chi connectivity index (χ2v) is 4.30. The molecule has 0 spiro atoms. The predicted octanol–water partition coefficient (Wildman–Crippen LogP) is 3.13. The Morgan fingerprint density at radius 1 is 1.00 bits per heavy atom. The van der Waals surface area contributed by atoms with Gasteiger partial charge < -0.3 is 10.2 Å². The van der Waals surface area contributed by atoms with Gasteiger partial charge in [-0.05, 0) is 24.3 Å². The fraction of sp³-hybridized carbons (Fsp3) is 0. The van der Waals surface area contributed by atoms with Gasteiger partial charge in [0.2, 0.25) is 11.3 Å². The highest BCUT2D eigenvalue weighted by Crippen LogP contribution is 2.17. The van der Waals surface area contributed by atoms with E-state index in [0.717, 1.165) is 5.69 Å². The number of hydrogen-bond donors (Lipinski definition) is 1. The van der Waals surface area contributed by atoms with Gasteiger partial charge in [0.1, 0.15) is 11.1 Å². The van der Waals surface area contributed by atoms with Gasteiger partial charge in [-0.2, -0.15) is 0 Å². The van der Waals surface area contributed by atoms with Gasteiger partial charge in [-0.15, -0.1) is 0 Å². The lowest BCUT2D eigenvalue weighted by atomic mass is 10.1. The molecular formula is C16H12N2O2. The van der Waals surface area contributed by atoms with Gasteiger partial charge in [-0.3, -0.25) is 9.79 Å². The Balaban J connectivity index is 2.13. The zero-order valence-electron chi connectivity index (χ0n) is 10.6. The molecule has 1 aromatic heterocycles. The molecule has 0 unspecified atom stereocenters. The summed E-state index contributed by atoms with van der Waals surface area (Å²) in [5, 5.41) is 0.496. The normalized spacial score (nSPS) is 11.2. The van der Waals surface area contributed by atoms with E-state index < -0.39 is 0 Å². The maximum Gasteiger partial charge on any atom is 0.203 e. The number of rotatable bonds is 2. The van der Waals surface area contributed by atoms with Gasteiger partial charge in [0.25, 0.3) is 0 Å². The van der Waals surface area contributed by atoms with Crippen LogP contribution in [0.3, 0.4) is 0 Å². The lowest BCUT2D eigenvalue weighted by molar-refractivity contribution is 0.624. The molecule has 0 bridgehead atoms. The smallest absolute Gasteiger partial charge is 0.203 e. The fourth-order valence-corrected chi connectivity index (χ4v) is 1.95. The van der Waals surface area contributed by atoms with Crippen molar-refractivity contribution in [2.24, 2.45) is 4.99 Å². The Bertz CT molecular complexity index is 836. The Morgan fingerprint density at radius 3 is 2.50 bits per heavy atom. The molecular weight excluding hydrogens is 252 g/mol. The monoisotopic (exact) mass is 264 g/mol. The van der Waals surface area contributed by atoms with Crippen molar-refractivity contribution in [1.29, 1.82) is 0 Å². The number of nitrogen functional groups attached to an aromatic ring is 1. The van der Waals surface area contributed by atoms with Crippen molar-refractivity contribution in [2.45, 2.75) is 0 Å². The number of benzene rings is 2. The molecule has 3 rings (SSSR count). The highest BCUT2D eigenvalue weighted by atomic mass is 16.3. The summed E-state index contributed by atoms with van der Waals surface area (Å²) in [4.78, 5) is 16.6. The first kappa shape index (κ1) is 12.2. The van der Waals surface area contributed by atoms with E-state index in [9.17, 15) is 4.79 Å². The maximum atomic E-state index is 12.3. The van der Waals surface area contributed by atoms with E-state index in [1.54, 1.807) is 24.3 Å². The lowest BCUT2D eigenvalue weighted by Crippen LogP contribution is -2.11. The quantitative estimate of drug-likeness (QED) is 0.723. The van der Waals surface area contributed by atoms with Crippen LogP contribution in [0.25, 0.3) is 11.0 Å². The summed E-state index contributed by atoms with van der Waals surface area (Å²) in [6, 6.07) is 16.3. The molecule has 0 radical (unpaired) electrons. The molecule has 20 heavy (non-hydrogen) atoms. The van der Waals surface area contributed by atoms with Crippen LogP contribution in [0.5, 0.6) is 0 Å². The van der Waals surface area contributed by atoms with Crippen molar-refractivity contribution in [3.8, 4) is 0 Å². The lowest BCUT2D eigenvalue weighted by Gasteiger charge is -2.02. The number of anilines is 1.